The summed E-state index contributed by atoms with van der Waals surface area (Å²) in [6, 6.07) is 16.8. The number of hydrogen-bond acceptors (Lipinski definition) is 3. The Morgan fingerprint density at radius 2 is 1.76 bits per heavy atom. The van der Waals surface area contributed by atoms with E-state index in [2.05, 4.69) is 10.4 Å². The van der Waals surface area contributed by atoms with Crippen molar-refractivity contribution in [2.24, 2.45) is 0 Å². The lowest BCUT2D eigenvalue weighted by molar-refractivity contribution is -0.141. The van der Waals surface area contributed by atoms with Crippen molar-refractivity contribution >= 4 is 11.9 Å². The summed E-state index contributed by atoms with van der Waals surface area (Å²) in [6.45, 7) is 0. The maximum Gasteiger partial charge on any atom is 0.330 e. The number of hydrogen-bond donors (Lipinski definition) is 2. The van der Waals surface area contributed by atoms with Crippen LogP contribution in [-0.2, 0) is 16.0 Å². The van der Waals surface area contributed by atoms with Crippen LogP contribution in [0.2, 0.25) is 0 Å². The van der Waals surface area contributed by atoms with Gasteiger partial charge in [0.1, 0.15) is 0 Å². The van der Waals surface area contributed by atoms with Crippen molar-refractivity contribution in [1.82, 2.24) is 15.1 Å². The van der Waals surface area contributed by atoms with E-state index in [1.54, 1.807) is 41.2 Å². The van der Waals surface area contributed by atoms with Gasteiger partial charge in [0, 0.05) is 12.4 Å². The summed E-state index contributed by atoms with van der Waals surface area (Å²) in [5.74, 6) is -1.43. The second kappa shape index (κ2) is 7.44. The molecule has 0 aliphatic rings. The summed E-state index contributed by atoms with van der Waals surface area (Å²) in [6.07, 6.45) is 3.63. The molecule has 0 bridgehead atoms. The van der Waals surface area contributed by atoms with Gasteiger partial charge in [-0.3, -0.25) is 4.79 Å². The number of carboxylic acid groups (broad SMARTS) is 1. The fourth-order valence-corrected chi connectivity index (χ4v) is 2.52. The average molecular weight is 335 g/mol. The zero-order chi connectivity index (χ0) is 17.6. The summed E-state index contributed by atoms with van der Waals surface area (Å²) >= 11 is 0. The third-order valence-corrected chi connectivity index (χ3v) is 3.76. The van der Waals surface area contributed by atoms with E-state index < -0.39 is 12.0 Å². The molecular formula is C19H17N3O3. The van der Waals surface area contributed by atoms with E-state index in [1.807, 2.05) is 36.5 Å². The van der Waals surface area contributed by atoms with Crippen LogP contribution in [0.4, 0.5) is 0 Å². The number of carboxylic acids is 1. The molecule has 2 aromatic carbocycles. The summed E-state index contributed by atoms with van der Waals surface area (Å²) in [4.78, 5) is 23.7. The molecule has 0 aliphatic heterocycles. The highest BCUT2D eigenvalue weighted by Crippen LogP contribution is 2.14. The molecule has 6 nitrogen and oxygen atoms in total. The molecule has 0 saturated heterocycles. The molecule has 0 radical (unpaired) electrons. The Morgan fingerprint density at radius 1 is 1.04 bits per heavy atom. The summed E-state index contributed by atoms with van der Waals surface area (Å²) in [5.41, 5.74) is 2.23. The number of rotatable bonds is 6. The van der Waals surface area contributed by atoms with Crippen LogP contribution >= 0.6 is 0 Å². The first-order valence-electron chi connectivity index (χ1n) is 7.79. The molecule has 2 N–H and O–H groups in total. The predicted octanol–water partition coefficient (Wildman–Crippen LogP) is 2.36. The van der Waals surface area contributed by atoms with Gasteiger partial charge in [0.2, 0.25) is 5.91 Å². The van der Waals surface area contributed by atoms with Crippen molar-refractivity contribution in [3.05, 3.63) is 84.2 Å². The molecule has 1 atom stereocenters. The quantitative estimate of drug-likeness (QED) is 0.724. The van der Waals surface area contributed by atoms with Crippen molar-refractivity contribution in [3.63, 3.8) is 0 Å². The van der Waals surface area contributed by atoms with Gasteiger partial charge >= 0.3 is 5.97 Å². The smallest absolute Gasteiger partial charge is 0.330 e. The second-order valence-electron chi connectivity index (χ2n) is 5.54. The van der Waals surface area contributed by atoms with Crippen molar-refractivity contribution in [3.8, 4) is 5.69 Å². The zero-order valence-corrected chi connectivity index (χ0v) is 13.4. The number of amides is 1. The van der Waals surface area contributed by atoms with Crippen LogP contribution in [0, 0.1) is 0 Å². The fourth-order valence-electron chi connectivity index (χ4n) is 2.52. The van der Waals surface area contributed by atoms with Crippen LogP contribution in [0.3, 0.4) is 0 Å². The molecular weight excluding hydrogens is 318 g/mol. The van der Waals surface area contributed by atoms with Gasteiger partial charge in [0.15, 0.2) is 6.04 Å². The minimum atomic E-state index is -1.09. The highest BCUT2D eigenvalue weighted by molar-refractivity contribution is 5.85. The third-order valence-electron chi connectivity index (χ3n) is 3.76. The van der Waals surface area contributed by atoms with Gasteiger partial charge in [-0.1, -0.05) is 42.5 Å². The SMILES string of the molecule is O=C(Cc1ccc(-n2cccn2)cc1)NC(C(=O)O)c1ccccc1. The van der Waals surface area contributed by atoms with Crippen LogP contribution in [0.1, 0.15) is 17.2 Å². The number of carbonyl (C=O) groups excluding carboxylic acids is 1. The van der Waals surface area contributed by atoms with E-state index in [-0.39, 0.29) is 12.3 Å². The summed E-state index contributed by atoms with van der Waals surface area (Å²) in [5, 5.41) is 16.1. The van der Waals surface area contributed by atoms with E-state index >= 15 is 0 Å². The van der Waals surface area contributed by atoms with Crippen LogP contribution in [0.25, 0.3) is 5.69 Å². The van der Waals surface area contributed by atoms with Crippen molar-refractivity contribution in [2.75, 3.05) is 0 Å². The van der Waals surface area contributed by atoms with Gasteiger partial charge in [-0.05, 0) is 29.3 Å². The van der Waals surface area contributed by atoms with Crippen molar-refractivity contribution < 1.29 is 14.7 Å². The second-order valence-corrected chi connectivity index (χ2v) is 5.54. The molecule has 1 aromatic heterocycles. The maximum absolute atomic E-state index is 12.2. The minimum absolute atomic E-state index is 0.107. The highest BCUT2D eigenvalue weighted by Gasteiger charge is 2.21. The molecule has 0 spiro atoms. The Labute approximate surface area is 144 Å². The molecule has 0 saturated carbocycles. The third kappa shape index (κ3) is 4.11. The van der Waals surface area contributed by atoms with Gasteiger partial charge < -0.3 is 10.4 Å². The molecule has 1 unspecified atom stereocenters. The first-order chi connectivity index (χ1) is 12.1. The van der Waals surface area contributed by atoms with Gasteiger partial charge in [-0.15, -0.1) is 0 Å². The number of carbonyl (C=O) groups is 2. The number of nitrogens with one attached hydrogen (secondary N) is 1. The average Bonchev–Trinajstić information content (AvgIpc) is 3.15. The Morgan fingerprint density at radius 3 is 2.36 bits per heavy atom. The lowest BCUT2D eigenvalue weighted by Crippen LogP contribution is -2.34. The maximum atomic E-state index is 12.2. The zero-order valence-electron chi connectivity index (χ0n) is 13.4. The Balaban J connectivity index is 1.66. The van der Waals surface area contributed by atoms with E-state index in [0.29, 0.717) is 5.56 Å². The van der Waals surface area contributed by atoms with Crippen LogP contribution in [0.5, 0.6) is 0 Å². The van der Waals surface area contributed by atoms with Crippen LogP contribution in [-0.4, -0.2) is 26.8 Å². The predicted molar refractivity (Wildman–Crippen MR) is 92.2 cm³/mol. The van der Waals surface area contributed by atoms with Crippen LogP contribution < -0.4 is 5.32 Å². The molecule has 1 amide bonds. The van der Waals surface area contributed by atoms with Gasteiger partial charge in [0.05, 0.1) is 12.1 Å². The highest BCUT2D eigenvalue weighted by atomic mass is 16.4. The largest absolute Gasteiger partial charge is 0.479 e. The van der Waals surface area contributed by atoms with E-state index in [9.17, 15) is 14.7 Å². The van der Waals surface area contributed by atoms with Gasteiger partial charge in [-0.25, -0.2) is 9.48 Å². The molecule has 3 aromatic rings. The Kier molecular flexibility index (Phi) is 4.89. The molecule has 6 heteroatoms. The number of nitrogens with zero attached hydrogens (tertiary/aromatic N) is 2. The van der Waals surface area contributed by atoms with E-state index in [0.717, 1.165) is 11.3 Å². The molecule has 126 valence electrons. The van der Waals surface area contributed by atoms with Crippen molar-refractivity contribution in [2.45, 2.75) is 12.5 Å². The first kappa shape index (κ1) is 16.4. The molecule has 3 rings (SSSR count). The van der Waals surface area contributed by atoms with Gasteiger partial charge in [0.25, 0.3) is 0 Å². The molecule has 25 heavy (non-hydrogen) atoms. The fraction of sp³-hybridized carbons (Fsp3) is 0.105. The molecule has 0 fully saturated rings. The Hall–Kier alpha value is -3.41. The molecule has 0 aliphatic carbocycles. The van der Waals surface area contributed by atoms with Crippen molar-refractivity contribution in [1.29, 1.82) is 0 Å². The van der Waals surface area contributed by atoms with E-state index in [1.165, 1.54) is 0 Å². The van der Waals surface area contributed by atoms with Gasteiger partial charge in [-0.2, -0.15) is 5.10 Å². The topological polar surface area (TPSA) is 84.2 Å². The number of aromatic nitrogens is 2. The first-order valence-corrected chi connectivity index (χ1v) is 7.79. The number of benzene rings is 2. The van der Waals surface area contributed by atoms with Crippen LogP contribution in [0.15, 0.2) is 73.1 Å². The summed E-state index contributed by atoms with van der Waals surface area (Å²) in [7, 11) is 0. The summed E-state index contributed by atoms with van der Waals surface area (Å²) < 4.78 is 1.72. The monoisotopic (exact) mass is 335 g/mol. The normalized spacial score (nSPS) is 11.7. The Bertz CT molecular complexity index is 843. The number of aliphatic carboxylic acids is 1. The molecule has 1 heterocycles. The lowest BCUT2D eigenvalue weighted by atomic mass is 10.1. The standard InChI is InChI=1S/C19H17N3O3/c23-17(21-18(19(24)25)15-5-2-1-3-6-15)13-14-7-9-16(10-8-14)22-12-4-11-20-22/h1-12,18H,13H2,(H,21,23)(H,24,25). The van der Waals surface area contributed by atoms with E-state index in [4.69, 9.17) is 0 Å². The lowest BCUT2D eigenvalue weighted by Gasteiger charge is -2.15. The minimum Gasteiger partial charge on any atom is -0.479 e.